The number of hydrogen-bond donors (Lipinski definition) is 1. The van der Waals surface area contributed by atoms with Gasteiger partial charge in [0.1, 0.15) is 17.9 Å². The van der Waals surface area contributed by atoms with Gasteiger partial charge >= 0.3 is 12.1 Å². The van der Waals surface area contributed by atoms with Gasteiger partial charge in [-0.2, -0.15) is 13.2 Å². The molecule has 2 aliphatic heterocycles. The minimum absolute atomic E-state index is 0.0334. The summed E-state index contributed by atoms with van der Waals surface area (Å²) < 4.78 is 63.6. The third kappa shape index (κ3) is 6.34. The molecule has 4 rings (SSSR count). The molecule has 42 heavy (non-hydrogen) atoms. The Morgan fingerprint density at radius 2 is 1.83 bits per heavy atom. The summed E-state index contributed by atoms with van der Waals surface area (Å²) >= 11 is 0. The van der Waals surface area contributed by atoms with Crippen LogP contribution < -0.4 is 9.47 Å². The Morgan fingerprint density at radius 3 is 2.40 bits per heavy atom. The zero-order chi connectivity index (χ0) is 30.8. The van der Waals surface area contributed by atoms with Crippen molar-refractivity contribution in [3.63, 3.8) is 0 Å². The molecule has 1 aromatic carbocycles. The van der Waals surface area contributed by atoms with Crippen molar-refractivity contribution in [1.82, 2.24) is 9.88 Å². The number of methoxy groups -OCH3 is 2. The first-order valence-corrected chi connectivity index (χ1v) is 13.8. The van der Waals surface area contributed by atoms with Gasteiger partial charge < -0.3 is 29.0 Å². The van der Waals surface area contributed by atoms with Crippen LogP contribution in [0.3, 0.4) is 0 Å². The number of ether oxygens (including phenoxy) is 4. The van der Waals surface area contributed by atoms with Gasteiger partial charge in [-0.3, -0.25) is 4.79 Å². The number of pyridine rings is 1. The number of carbonyl (C=O) groups excluding carboxylic acids is 1. The largest absolute Gasteiger partial charge is 0.496 e. The molecule has 3 heterocycles. The highest BCUT2D eigenvalue weighted by molar-refractivity contribution is 5.88. The molecule has 0 aliphatic carbocycles. The highest BCUT2D eigenvalue weighted by Gasteiger charge is 2.60. The Hall–Kier alpha value is -3.38. The van der Waals surface area contributed by atoms with Gasteiger partial charge in [-0.1, -0.05) is 39.0 Å². The number of rotatable bonds is 8. The maximum Gasteiger partial charge on any atom is 0.417 e. The fraction of sp³-hybridized carbons (Fsp3) is 0.567. The first kappa shape index (κ1) is 31.6. The Bertz CT molecular complexity index is 1270. The minimum atomic E-state index is -4.65. The van der Waals surface area contributed by atoms with Gasteiger partial charge in [-0.15, -0.1) is 0 Å². The lowest BCUT2D eigenvalue weighted by Crippen LogP contribution is -2.51. The normalized spacial score (nSPS) is 24.9. The van der Waals surface area contributed by atoms with Gasteiger partial charge in [0.25, 0.3) is 5.91 Å². The van der Waals surface area contributed by atoms with Crippen molar-refractivity contribution in [2.24, 2.45) is 11.3 Å². The molecule has 0 saturated carbocycles. The van der Waals surface area contributed by atoms with E-state index < -0.39 is 59.2 Å². The minimum Gasteiger partial charge on any atom is -0.496 e. The molecule has 0 bridgehead atoms. The van der Waals surface area contributed by atoms with Crippen LogP contribution in [0.15, 0.2) is 36.5 Å². The molecule has 2 fully saturated rings. The van der Waals surface area contributed by atoms with Crippen molar-refractivity contribution in [3.8, 4) is 11.6 Å². The molecular formula is C30H37F3N2O7. The number of aliphatic carboxylic acids is 1. The second-order valence-electron chi connectivity index (χ2n) is 11.6. The summed E-state index contributed by atoms with van der Waals surface area (Å²) in [5.41, 5.74) is -1.14. The van der Waals surface area contributed by atoms with Crippen LogP contribution in [0.25, 0.3) is 0 Å². The highest BCUT2D eigenvalue weighted by atomic mass is 19.4. The van der Waals surface area contributed by atoms with E-state index in [1.165, 1.54) is 19.1 Å². The summed E-state index contributed by atoms with van der Waals surface area (Å²) in [6.07, 6.45) is -3.76. The molecule has 1 aromatic heterocycles. The van der Waals surface area contributed by atoms with Crippen molar-refractivity contribution in [2.45, 2.75) is 77.1 Å². The van der Waals surface area contributed by atoms with E-state index in [1.807, 2.05) is 20.8 Å². The summed E-state index contributed by atoms with van der Waals surface area (Å²) in [5.74, 6) is -2.11. The van der Waals surface area contributed by atoms with E-state index in [-0.39, 0.29) is 18.1 Å². The average molecular weight is 595 g/mol. The van der Waals surface area contributed by atoms with Gasteiger partial charge in [0.2, 0.25) is 5.88 Å². The predicted molar refractivity (Wildman–Crippen MR) is 145 cm³/mol. The number of benzene rings is 1. The zero-order valence-electron chi connectivity index (χ0n) is 24.3. The van der Waals surface area contributed by atoms with E-state index in [1.54, 1.807) is 24.3 Å². The second kappa shape index (κ2) is 12.5. The van der Waals surface area contributed by atoms with Crippen LogP contribution in [-0.4, -0.2) is 65.9 Å². The Labute approximate surface area is 242 Å². The topological polar surface area (TPSA) is 107 Å². The number of alkyl halides is 3. The third-order valence-electron chi connectivity index (χ3n) is 7.90. The quantitative estimate of drug-likeness (QED) is 0.441. The molecule has 0 radical (unpaired) electrons. The van der Waals surface area contributed by atoms with Crippen LogP contribution in [0, 0.1) is 11.3 Å². The molecule has 9 nitrogen and oxygen atoms in total. The lowest BCUT2D eigenvalue weighted by Gasteiger charge is -2.35. The highest BCUT2D eigenvalue weighted by Crippen LogP contribution is 2.52. The van der Waals surface area contributed by atoms with Crippen LogP contribution >= 0.6 is 0 Å². The molecule has 5 atom stereocenters. The summed E-state index contributed by atoms with van der Waals surface area (Å²) in [6, 6.07) is 5.56. The molecular weight excluding hydrogens is 557 g/mol. The van der Waals surface area contributed by atoms with E-state index in [4.69, 9.17) is 18.9 Å². The fourth-order valence-corrected chi connectivity index (χ4v) is 6.05. The number of nitrogens with zero attached hydrogens (tertiary/aromatic N) is 2. The van der Waals surface area contributed by atoms with Gasteiger partial charge in [0.05, 0.1) is 38.5 Å². The molecule has 1 amide bonds. The van der Waals surface area contributed by atoms with Gasteiger partial charge in [0.15, 0.2) is 0 Å². The van der Waals surface area contributed by atoms with Gasteiger partial charge in [-0.25, -0.2) is 9.78 Å². The monoisotopic (exact) mass is 594 g/mol. The lowest BCUT2D eigenvalue weighted by molar-refractivity contribution is -0.159. The van der Waals surface area contributed by atoms with E-state index in [9.17, 15) is 27.9 Å². The van der Waals surface area contributed by atoms with Crippen LogP contribution in [0.2, 0.25) is 0 Å². The van der Waals surface area contributed by atoms with E-state index in [0.717, 1.165) is 18.9 Å². The summed E-state index contributed by atoms with van der Waals surface area (Å²) in [6.45, 7) is 5.55. The predicted octanol–water partition coefficient (Wildman–Crippen LogP) is 5.27. The molecule has 2 aliphatic rings. The Morgan fingerprint density at radius 1 is 1.12 bits per heavy atom. The number of para-hydroxylation sites is 1. The van der Waals surface area contributed by atoms with Crippen molar-refractivity contribution < 1.29 is 46.8 Å². The number of aromatic nitrogens is 1. The number of carboxylic acids is 1. The number of carbonyl (C=O) groups is 2. The van der Waals surface area contributed by atoms with E-state index in [2.05, 4.69) is 4.98 Å². The average Bonchev–Trinajstić information content (AvgIpc) is 3.31. The molecule has 0 spiro atoms. The fourth-order valence-electron chi connectivity index (χ4n) is 6.05. The van der Waals surface area contributed by atoms with Crippen LogP contribution in [0.5, 0.6) is 11.6 Å². The van der Waals surface area contributed by atoms with E-state index in [0.29, 0.717) is 30.5 Å². The first-order valence-electron chi connectivity index (χ1n) is 13.8. The summed E-state index contributed by atoms with van der Waals surface area (Å²) in [7, 11) is 2.75. The molecule has 1 N–H and O–H groups in total. The van der Waals surface area contributed by atoms with Crippen LogP contribution in [0.4, 0.5) is 13.2 Å². The van der Waals surface area contributed by atoms with Crippen LogP contribution in [0.1, 0.15) is 62.8 Å². The Kier molecular flexibility index (Phi) is 9.36. The number of likely N-dealkylation sites (tertiary alicyclic amines) is 1. The maximum absolute atomic E-state index is 14.1. The van der Waals surface area contributed by atoms with E-state index >= 15 is 0 Å². The SMILES string of the molecule is COc1ccccc1[C@H]1[C@@H](OCc2cc(C(F)(F)F)cnc2OC)[C@H](C(C)(C)C)[C@@H](C(=O)O)N1C(=O)[C@@H]1CCCCO1. The number of halogens is 3. The first-order chi connectivity index (χ1) is 19.8. The van der Waals surface area contributed by atoms with Gasteiger partial charge in [0, 0.05) is 29.8 Å². The smallest absolute Gasteiger partial charge is 0.417 e. The molecule has 12 heteroatoms. The maximum atomic E-state index is 14.1. The standard InChI is InChI=1S/C30H37F3N2O7/c1-29(2,3)22-24(28(37)38)35(27(36)21-12-8-9-13-41-21)23(19-10-6-7-11-20(19)39-4)25(22)42-16-17-14-18(30(31,32)33)15-34-26(17)40-5/h6-7,10-11,14-15,21-25H,8-9,12-13,16H2,1-5H3,(H,37,38)/t21-,22+,23-,24-,25-/m0/s1. The van der Waals surface area contributed by atoms with Crippen molar-refractivity contribution in [3.05, 3.63) is 53.2 Å². The summed E-state index contributed by atoms with van der Waals surface area (Å²) in [5, 5.41) is 10.6. The summed E-state index contributed by atoms with van der Waals surface area (Å²) in [4.78, 5) is 32.3. The van der Waals surface area contributed by atoms with Crippen LogP contribution in [-0.2, 0) is 31.8 Å². The zero-order valence-corrected chi connectivity index (χ0v) is 24.3. The third-order valence-corrected chi connectivity index (χ3v) is 7.90. The molecule has 0 unspecified atom stereocenters. The van der Waals surface area contributed by atoms with Crippen molar-refractivity contribution in [1.29, 1.82) is 0 Å². The number of carboxylic acid groups (broad SMARTS) is 1. The molecule has 230 valence electrons. The second-order valence-corrected chi connectivity index (χ2v) is 11.6. The lowest BCUT2D eigenvalue weighted by atomic mass is 9.73. The van der Waals surface area contributed by atoms with Crippen molar-refractivity contribution in [2.75, 3.05) is 20.8 Å². The molecule has 2 aromatic rings. The van der Waals surface area contributed by atoms with Gasteiger partial charge in [-0.05, 0) is 36.8 Å². The Balaban J connectivity index is 1.86. The number of amides is 1. The van der Waals surface area contributed by atoms with Crippen molar-refractivity contribution >= 4 is 11.9 Å². The molecule has 2 saturated heterocycles. The number of hydrogen-bond acceptors (Lipinski definition) is 7.